The Hall–Kier alpha value is -0.877. The molecule has 2 fully saturated rings. The number of hydrogen-bond donors (Lipinski definition) is 0. The van der Waals surface area contributed by atoms with Crippen molar-refractivity contribution in [1.82, 2.24) is 0 Å². The third-order valence-electron chi connectivity index (χ3n) is 7.43. The zero-order chi connectivity index (χ0) is 22.9. The van der Waals surface area contributed by atoms with Crippen LogP contribution < -0.4 is 24.8 Å². The molecule has 0 unspecified atom stereocenters. The number of benzene rings is 2. The molecular weight excluding hydrogens is 558 g/mol. The summed E-state index contributed by atoms with van der Waals surface area (Å²) in [7, 11) is 0. The topological polar surface area (TPSA) is 0 Å². The Kier molecular flexibility index (Phi) is 16.2. The van der Waals surface area contributed by atoms with Crippen LogP contribution in [0.4, 0.5) is 0 Å². The SMILES string of the molecule is [CH2-]C[CH2-].[Cl-].[Cl-].[Zr+2].c1ccc2[cH-]c(C3CCCCC3)cc2c1.c1ccc2[cH-]c(C3CCCCC3)cc2c1. The summed E-state index contributed by atoms with van der Waals surface area (Å²) < 4.78 is 0. The summed E-state index contributed by atoms with van der Waals surface area (Å²) in [6.07, 6.45) is 14.9. The van der Waals surface area contributed by atoms with Crippen molar-refractivity contribution in [2.45, 2.75) is 82.5 Å². The van der Waals surface area contributed by atoms with E-state index in [0.717, 1.165) is 18.3 Å². The predicted octanol–water partition coefficient (Wildman–Crippen LogP) is 4.26. The van der Waals surface area contributed by atoms with Crippen LogP contribution in [0.25, 0.3) is 21.5 Å². The Balaban J connectivity index is 0.000000302. The molecule has 3 heteroatoms. The third-order valence-corrected chi connectivity index (χ3v) is 7.43. The summed E-state index contributed by atoms with van der Waals surface area (Å²) in [5, 5.41) is 5.66. The first kappa shape index (κ1) is 33.2. The predicted molar refractivity (Wildman–Crippen MR) is 146 cm³/mol. The maximum Gasteiger partial charge on any atom is 2.00 e. The van der Waals surface area contributed by atoms with Gasteiger partial charge in [-0.3, -0.25) is 0 Å². The van der Waals surface area contributed by atoms with Crippen molar-refractivity contribution in [2.75, 3.05) is 0 Å². The molecule has 0 aromatic heterocycles. The molecule has 0 atom stereocenters. The first-order valence-corrected chi connectivity index (χ1v) is 13.2. The van der Waals surface area contributed by atoms with Gasteiger partial charge in [0.25, 0.3) is 0 Å². The van der Waals surface area contributed by atoms with Gasteiger partial charge in [-0.05, 0) is 37.5 Å². The Morgan fingerprint density at radius 1 is 0.583 bits per heavy atom. The fraction of sp³-hybridized carbons (Fsp3) is 0.394. The number of fused-ring (bicyclic) bond motifs is 2. The summed E-state index contributed by atoms with van der Waals surface area (Å²) in [6.45, 7) is 6.75. The van der Waals surface area contributed by atoms with Crippen molar-refractivity contribution in [3.05, 3.63) is 97.8 Å². The molecule has 0 radical (unpaired) electrons. The molecule has 2 saturated carbocycles. The zero-order valence-corrected chi connectivity index (χ0v) is 25.5. The van der Waals surface area contributed by atoms with Crippen LogP contribution in [-0.2, 0) is 26.2 Å². The molecule has 0 N–H and O–H groups in total. The Morgan fingerprint density at radius 3 is 1.25 bits per heavy atom. The van der Waals surface area contributed by atoms with Crippen LogP contribution in [-0.4, -0.2) is 0 Å². The second-order valence-electron chi connectivity index (χ2n) is 9.86. The molecule has 0 spiro atoms. The molecule has 4 aromatic rings. The summed E-state index contributed by atoms with van der Waals surface area (Å²) in [5.74, 6) is 1.68. The Bertz CT molecular complexity index is 943. The quantitative estimate of drug-likeness (QED) is 0.303. The molecule has 6 rings (SSSR count). The normalized spacial score (nSPS) is 15.8. The monoisotopic (exact) mass is 596 g/mol. The average Bonchev–Trinajstić information content (AvgIpc) is 3.51. The largest absolute Gasteiger partial charge is 2.00 e. The number of rotatable bonds is 2. The minimum absolute atomic E-state index is 0. The van der Waals surface area contributed by atoms with E-state index in [2.05, 4.69) is 86.6 Å². The molecule has 36 heavy (non-hydrogen) atoms. The fourth-order valence-electron chi connectivity index (χ4n) is 5.69. The van der Waals surface area contributed by atoms with Crippen molar-refractivity contribution >= 4 is 21.5 Å². The smallest absolute Gasteiger partial charge is 1.00 e. The van der Waals surface area contributed by atoms with E-state index in [1.807, 2.05) is 0 Å². The Labute approximate surface area is 251 Å². The summed E-state index contributed by atoms with van der Waals surface area (Å²) in [4.78, 5) is 0. The van der Waals surface area contributed by atoms with Crippen LogP contribution in [0.15, 0.2) is 72.8 Å². The molecule has 4 aromatic carbocycles. The molecule has 0 nitrogen and oxygen atoms in total. The third kappa shape index (κ3) is 9.15. The number of hydrogen-bond acceptors (Lipinski definition) is 0. The van der Waals surface area contributed by atoms with E-state index in [9.17, 15) is 0 Å². The molecule has 2 aliphatic rings. The van der Waals surface area contributed by atoms with Crippen LogP contribution in [0, 0.1) is 13.8 Å². The van der Waals surface area contributed by atoms with E-state index in [1.54, 1.807) is 11.1 Å². The van der Waals surface area contributed by atoms with Gasteiger partial charge in [0.2, 0.25) is 0 Å². The van der Waals surface area contributed by atoms with Crippen molar-refractivity contribution < 1.29 is 51.0 Å². The van der Waals surface area contributed by atoms with Crippen LogP contribution in [0.1, 0.15) is 93.6 Å². The van der Waals surface area contributed by atoms with Gasteiger partial charge in [0.1, 0.15) is 0 Å². The minimum Gasteiger partial charge on any atom is -1.00 e. The maximum atomic E-state index is 3.38. The van der Waals surface area contributed by atoms with Crippen molar-refractivity contribution in [1.29, 1.82) is 0 Å². The van der Waals surface area contributed by atoms with Crippen molar-refractivity contribution in [3.63, 3.8) is 0 Å². The number of halogens is 2. The van der Waals surface area contributed by atoms with Gasteiger partial charge >= 0.3 is 26.2 Å². The van der Waals surface area contributed by atoms with E-state index in [1.165, 1.54) is 85.8 Å². The van der Waals surface area contributed by atoms with Crippen molar-refractivity contribution in [3.8, 4) is 0 Å². The van der Waals surface area contributed by atoms with E-state index >= 15 is 0 Å². The van der Waals surface area contributed by atoms with Crippen LogP contribution in [0.5, 0.6) is 0 Å². The minimum atomic E-state index is 0. The van der Waals surface area contributed by atoms with Crippen molar-refractivity contribution in [2.24, 2.45) is 0 Å². The standard InChI is InChI=1S/2C15H17.C3H6.2ClH.Zr/c2*1-2-6-12(7-3-1)15-10-13-8-4-5-9-14(13)11-15;1-3-2;;;/h2*4-5,8-12H,1-3,6-7H2;1-3H2;2*1H;/q2*-1;-2;;;+2/p-2. The molecule has 0 heterocycles. The van der Waals surface area contributed by atoms with E-state index in [-0.39, 0.29) is 51.0 Å². The summed E-state index contributed by atoms with van der Waals surface area (Å²) in [6, 6.07) is 27.0. The molecule has 194 valence electrons. The molecule has 0 aliphatic heterocycles. The molecule has 0 amide bonds. The van der Waals surface area contributed by atoms with Gasteiger partial charge in [0.05, 0.1) is 0 Å². The molecule has 0 saturated heterocycles. The fourth-order valence-corrected chi connectivity index (χ4v) is 5.69. The second-order valence-corrected chi connectivity index (χ2v) is 9.86. The van der Waals surface area contributed by atoms with Crippen LogP contribution in [0.2, 0.25) is 0 Å². The summed E-state index contributed by atoms with van der Waals surface area (Å²) in [5.41, 5.74) is 3.16. The van der Waals surface area contributed by atoms with Gasteiger partial charge in [0, 0.05) is 0 Å². The van der Waals surface area contributed by atoms with Gasteiger partial charge in [-0.25, -0.2) is 0 Å². The second kappa shape index (κ2) is 17.6. The first-order chi connectivity index (χ1) is 16.3. The Morgan fingerprint density at radius 2 is 0.917 bits per heavy atom. The average molecular weight is 599 g/mol. The molecular formula is C33H40Cl2Zr-4. The van der Waals surface area contributed by atoms with Gasteiger partial charge in [0.15, 0.2) is 0 Å². The summed E-state index contributed by atoms with van der Waals surface area (Å²) >= 11 is 0. The van der Waals surface area contributed by atoms with Crippen LogP contribution in [0.3, 0.4) is 0 Å². The van der Waals surface area contributed by atoms with E-state index < -0.39 is 0 Å². The van der Waals surface area contributed by atoms with Crippen LogP contribution >= 0.6 is 0 Å². The maximum absolute atomic E-state index is 3.38. The van der Waals surface area contributed by atoms with Gasteiger partial charge in [-0.2, -0.15) is 12.1 Å². The molecule has 0 bridgehead atoms. The first-order valence-electron chi connectivity index (χ1n) is 13.2. The van der Waals surface area contributed by atoms with Gasteiger partial charge in [-0.15, -0.1) is 81.2 Å². The van der Waals surface area contributed by atoms with Gasteiger partial charge in [-0.1, -0.05) is 50.7 Å². The molecule has 2 aliphatic carbocycles. The van der Waals surface area contributed by atoms with E-state index in [4.69, 9.17) is 0 Å². The van der Waals surface area contributed by atoms with E-state index in [0.29, 0.717) is 0 Å². The van der Waals surface area contributed by atoms with Gasteiger partial charge < -0.3 is 45.1 Å². The zero-order valence-electron chi connectivity index (χ0n) is 21.5.